The van der Waals surface area contributed by atoms with E-state index in [4.69, 9.17) is 9.47 Å². The lowest BCUT2D eigenvalue weighted by Gasteiger charge is -2.29. The van der Waals surface area contributed by atoms with Crippen molar-refractivity contribution < 1.29 is 40.0 Å². The maximum atomic E-state index is 14.7. The molecule has 3 aromatic rings. The molecular weight excluding hydrogens is 486 g/mol. The first-order chi connectivity index (χ1) is 16.1. The van der Waals surface area contributed by atoms with Crippen LogP contribution in [0, 0.1) is 34.9 Å². The van der Waals surface area contributed by atoms with Gasteiger partial charge in [0.1, 0.15) is 10.6 Å². The number of benzene rings is 3. The van der Waals surface area contributed by atoms with Gasteiger partial charge in [-0.3, -0.25) is 4.31 Å². The third-order valence-corrected chi connectivity index (χ3v) is 7.21. The molecule has 1 unspecified atom stereocenters. The Morgan fingerprint density at radius 3 is 1.85 bits per heavy atom. The van der Waals surface area contributed by atoms with Gasteiger partial charge in [-0.1, -0.05) is 12.1 Å². The highest BCUT2D eigenvalue weighted by atomic mass is 32.2. The summed E-state index contributed by atoms with van der Waals surface area (Å²) in [6, 6.07) is 9.30. The van der Waals surface area contributed by atoms with Crippen LogP contribution < -0.4 is 13.8 Å². The fraction of sp³-hybridized carbons (Fsp3) is 0.182. The van der Waals surface area contributed by atoms with Gasteiger partial charge in [0.15, 0.2) is 44.8 Å². The number of nitrogens with zero attached hydrogens (tertiary/aromatic N) is 2. The van der Waals surface area contributed by atoms with Crippen LogP contribution in [0.2, 0.25) is 0 Å². The van der Waals surface area contributed by atoms with Crippen LogP contribution in [0.3, 0.4) is 0 Å². The SMILES string of the molecule is CN=S(=O)(c1c(F)c(F)c(F)c(F)c1F)N(Cc1ccc(OC)cc1)c1ccc(OC)c(F)c1. The molecule has 12 heteroatoms. The van der Waals surface area contributed by atoms with Crippen molar-refractivity contribution in [2.45, 2.75) is 11.4 Å². The Labute approximate surface area is 191 Å². The monoisotopic (exact) mass is 504 g/mol. The molecule has 5 nitrogen and oxygen atoms in total. The van der Waals surface area contributed by atoms with Gasteiger partial charge in [-0.05, 0) is 29.8 Å². The normalized spacial score (nSPS) is 12.7. The lowest BCUT2D eigenvalue weighted by molar-refractivity contribution is 0.359. The van der Waals surface area contributed by atoms with Gasteiger partial charge in [-0.25, -0.2) is 34.9 Å². The predicted octanol–water partition coefficient (Wildman–Crippen LogP) is 5.62. The standard InChI is InChI=1S/C22H18F6N2O3S/c1-29-34(31,22-20(27)18(25)17(24)19(26)21(22)28)30(11-12-4-7-14(32-2)8-5-12)13-6-9-16(33-3)15(23)10-13/h4-10H,11H2,1-3H3. The number of ether oxygens (including phenoxy) is 2. The summed E-state index contributed by atoms with van der Waals surface area (Å²) in [6.45, 7) is -0.411. The van der Waals surface area contributed by atoms with Crippen LogP contribution in [0.25, 0.3) is 0 Å². The summed E-state index contributed by atoms with van der Waals surface area (Å²) in [4.78, 5) is -1.64. The van der Waals surface area contributed by atoms with Gasteiger partial charge in [-0.2, -0.15) is 0 Å². The van der Waals surface area contributed by atoms with E-state index in [0.717, 1.165) is 23.5 Å². The van der Waals surface area contributed by atoms with E-state index in [1.54, 1.807) is 0 Å². The Morgan fingerprint density at radius 1 is 0.824 bits per heavy atom. The van der Waals surface area contributed by atoms with E-state index in [0.29, 0.717) is 11.3 Å². The van der Waals surface area contributed by atoms with Crippen LogP contribution in [0.15, 0.2) is 51.7 Å². The fourth-order valence-corrected chi connectivity index (χ4v) is 5.12. The minimum absolute atomic E-state index is 0.190. The Morgan fingerprint density at radius 2 is 1.38 bits per heavy atom. The van der Waals surface area contributed by atoms with Crippen molar-refractivity contribution in [3.63, 3.8) is 0 Å². The molecule has 0 N–H and O–H groups in total. The molecule has 0 heterocycles. The average Bonchev–Trinajstić information content (AvgIpc) is 2.85. The predicted molar refractivity (Wildman–Crippen MR) is 113 cm³/mol. The average molecular weight is 504 g/mol. The summed E-state index contributed by atoms with van der Waals surface area (Å²) in [5, 5.41) is 0. The van der Waals surface area contributed by atoms with Gasteiger partial charge in [0.25, 0.3) is 0 Å². The second-order valence-electron chi connectivity index (χ2n) is 6.78. The second-order valence-corrected chi connectivity index (χ2v) is 8.99. The van der Waals surface area contributed by atoms with Crippen molar-refractivity contribution in [2.24, 2.45) is 4.36 Å². The molecule has 0 aromatic heterocycles. The first-order valence-corrected chi connectivity index (χ1v) is 11.0. The molecule has 0 aliphatic heterocycles. The van der Waals surface area contributed by atoms with E-state index in [1.165, 1.54) is 44.6 Å². The molecule has 0 fully saturated rings. The molecular formula is C22H18F6N2O3S. The lowest BCUT2D eigenvalue weighted by Crippen LogP contribution is -2.32. The topological polar surface area (TPSA) is 51.1 Å². The minimum atomic E-state index is -4.55. The molecule has 0 aliphatic carbocycles. The molecule has 0 radical (unpaired) electrons. The van der Waals surface area contributed by atoms with E-state index in [9.17, 15) is 30.6 Å². The Bertz CT molecular complexity index is 1310. The summed E-state index contributed by atoms with van der Waals surface area (Å²) in [6.07, 6.45) is 0. The zero-order valence-electron chi connectivity index (χ0n) is 18.0. The number of rotatable bonds is 7. The Kier molecular flexibility index (Phi) is 7.29. The molecule has 0 amide bonds. The van der Waals surface area contributed by atoms with E-state index in [-0.39, 0.29) is 11.4 Å². The van der Waals surface area contributed by atoms with E-state index in [2.05, 4.69) is 4.36 Å². The molecule has 0 saturated heterocycles. The highest BCUT2D eigenvalue weighted by Gasteiger charge is 2.36. The molecule has 34 heavy (non-hydrogen) atoms. The summed E-state index contributed by atoms with van der Waals surface area (Å²) < 4.78 is 114. The van der Waals surface area contributed by atoms with Crippen LogP contribution in [0.1, 0.15) is 5.56 Å². The number of anilines is 1. The van der Waals surface area contributed by atoms with Gasteiger partial charge < -0.3 is 9.47 Å². The van der Waals surface area contributed by atoms with E-state index >= 15 is 0 Å². The van der Waals surface area contributed by atoms with Gasteiger partial charge in [0.05, 0.1) is 26.5 Å². The molecule has 0 spiro atoms. The van der Waals surface area contributed by atoms with Crippen LogP contribution in [0.4, 0.5) is 32.0 Å². The Balaban J connectivity index is 2.30. The summed E-state index contributed by atoms with van der Waals surface area (Å²) in [7, 11) is -1.03. The molecule has 182 valence electrons. The lowest BCUT2D eigenvalue weighted by atomic mass is 10.2. The number of methoxy groups -OCH3 is 2. The van der Waals surface area contributed by atoms with Crippen LogP contribution >= 0.6 is 0 Å². The molecule has 0 bridgehead atoms. The van der Waals surface area contributed by atoms with Crippen molar-refractivity contribution in [1.82, 2.24) is 0 Å². The number of hydrogen-bond acceptors (Lipinski definition) is 4. The van der Waals surface area contributed by atoms with E-state index in [1.807, 2.05) is 0 Å². The fourth-order valence-electron chi connectivity index (χ4n) is 3.15. The van der Waals surface area contributed by atoms with Crippen molar-refractivity contribution in [1.29, 1.82) is 0 Å². The second kappa shape index (κ2) is 9.84. The zero-order chi connectivity index (χ0) is 25.2. The van der Waals surface area contributed by atoms with Gasteiger partial charge in [0.2, 0.25) is 5.82 Å². The van der Waals surface area contributed by atoms with Crippen molar-refractivity contribution in [3.8, 4) is 11.5 Å². The number of halogens is 6. The summed E-state index contributed by atoms with van der Waals surface area (Å²) in [5.41, 5.74) is 0.172. The van der Waals surface area contributed by atoms with E-state index < -0.39 is 56.3 Å². The maximum Gasteiger partial charge on any atom is 0.200 e. The largest absolute Gasteiger partial charge is 0.497 e. The smallest absolute Gasteiger partial charge is 0.200 e. The minimum Gasteiger partial charge on any atom is -0.497 e. The highest BCUT2D eigenvalue weighted by molar-refractivity contribution is 7.95. The van der Waals surface area contributed by atoms with Gasteiger partial charge >= 0.3 is 0 Å². The quantitative estimate of drug-likeness (QED) is 0.239. The maximum absolute atomic E-state index is 14.7. The molecule has 1 atom stereocenters. The summed E-state index contributed by atoms with van der Waals surface area (Å²) >= 11 is 0. The molecule has 3 rings (SSSR count). The van der Waals surface area contributed by atoms with Crippen molar-refractivity contribution in [3.05, 3.63) is 82.9 Å². The van der Waals surface area contributed by atoms with Gasteiger partial charge in [-0.15, -0.1) is 0 Å². The van der Waals surface area contributed by atoms with Crippen molar-refractivity contribution >= 4 is 15.6 Å². The molecule has 3 aromatic carbocycles. The first kappa shape index (κ1) is 25.2. The number of hydrogen-bond donors (Lipinski definition) is 0. The highest BCUT2D eigenvalue weighted by Crippen LogP contribution is 2.35. The van der Waals surface area contributed by atoms with Crippen LogP contribution in [-0.2, 0) is 16.5 Å². The van der Waals surface area contributed by atoms with Crippen LogP contribution in [-0.4, -0.2) is 25.5 Å². The molecule has 0 aliphatic rings. The third-order valence-electron chi connectivity index (χ3n) is 4.89. The van der Waals surface area contributed by atoms with Gasteiger partial charge in [0, 0.05) is 13.1 Å². The van der Waals surface area contributed by atoms with Crippen LogP contribution in [0.5, 0.6) is 11.5 Å². The zero-order valence-corrected chi connectivity index (χ0v) is 18.9. The van der Waals surface area contributed by atoms with Crippen molar-refractivity contribution in [2.75, 3.05) is 25.6 Å². The first-order valence-electron chi connectivity index (χ1n) is 9.49. The summed E-state index contributed by atoms with van der Waals surface area (Å²) in [5.74, 6) is -12.2. The third kappa shape index (κ3) is 4.37. The molecule has 0 saturated carbocycles. The Hall–Kier alpha value is -3.41.